The van der Waals surface area contributed by atoms with E-state index in [9.17, 15) is 9.59 Å². The minimum Gasteiger partial charge on any atom is -0.336 e. The summed E-state index contributed by atoms with van der Waals surface area (Å²) in [4.78, 5) is 24.3. The lowest BCUT2D eigenvalue weighted by Gasteiger charge is -2.28. The number of hydrogen-bond acceptors (Lipinski definition) is 2. The first-order chi connectivity index (χ1) is 9.63. The van der Waals surface area contributed by atoms with Crippen molar-refractivity contribution >= 4 is 11.7 Å². The summed E-state index contributed by atoms with van der Waals surface area (Å²) in [6, 6.07) is 17.1. The average molecular weight is 265 g/mol. The molecule has 2 aromatic carbocycles. The largest absolute Gasteiger partial charge is 0.336 e. The number of benzene rings is 2. The molecule has 1 heterocycles. The SMILES string of the molecule is Cc1ccc(C2(c3ccccc3)NC(=O)CC2=O)cc1. The van der Waals surface area contributed by atoms with Crippen molar-refractivity contribution in [2.24, 2.45) is 0 Å². The Balaban J connectivity index is 2.21. The van der Waals surface area contributed by atoms with Gasteiger partial charge in [0.05, 0.1) is 6.42 Å². The van der Waals surface area contributed by atoms with Gasteiger partial charge in [-0.25, -0.2) is 0 Å². The van der Waals surface area contributed by atoms with Crippen LogP contribution in [0.2, 0.25) is 0 Å². The van der Waals surface area contributed by atoms with E-state index in [0.717, 1.165) is 16.7 Å². The van der Waals surface area contributed by atoms with Crippen molar-refractivity contribution in [3.8, 4) is 0 Å². The lowest BCUT2D eigenvalue weighted by molar-refractivity contribution is -0.122. The Bertz CT molecular complexity index is 661. The summed E-state index contributed by atoms with van der Waals surface area (Å²) in [5.41, 5.74) is 1.70. The minimum absolute atomic E-state index is 0.0667. The molecule has 1 fully saturated rings. The molecular formula is C17H15NO2. The van der Waals surface area contributed by atoms with Crippen LogP contribution in [-0.4, -0.2) is 11.7 Å². The van der Waals surface area contributed by atoms with E-state index in [4.69, 9.17) is 0 Å². The normalized spacial score (nSPS) is 21.9. The van der Waals surface area contributed by atoms with E-state index in [1.165, 1.54) is 0 Å². The first-order valence-corrected chi connectivity index (χ1v) is 6.60. The number of Topliss-reactive ketones (excluding diaryl/α,β-unsaturated/α-hetero) is 1. The highest BCUT2D eigenvalue weighted by Crippen LogP contribution is 2.35. The molecule has 2 aromatic rings. The summed E-state index contributed by atoms with van der Waals surface area (Å²) >= 11 is 0. The lowest BCUT2D eigenvalue weighted by atomic mass is 9.80. The van der Waals surface area contributed by atoms with Crippen LogP contribution in [0.25, 0.3) is 0 Å². The standard InChI is InChI=1S/C17H15NO2/c1-12-7-9-14(10-8-12)17(13-5-3-2-4-6-13)15(19)11-16(20)18-17/h2-10H,11H2,1H3,(H,18,20). The maximum absolute atomic E-state index is 12.5. The summed E-state index contributed by atoms with van der Waals surface area (Å²) in [5, 5.41) is 2.88. The van der Waals surface area contributed by atoms with Crippen molar-refractivity contribution in [2.45, 2.75) is 18.9 Å². The minimum atomic E-state index is -1.04. The van der Waals surface area contributed by atoms with Gasteiger partial charge in [0, 0.05) is 0 Å². The van der Waals surface area contributed by atoms with Crippen LogP contribution < -0.4 is 5.32 Å². The molecule has 0 saturated carbocycles. The van der Waals surface area contributed by atoms with E-state index in [2.05, 4.69) is 5.32 Å². The van der Waals surface area contributed by atoms with Gasteiger partial charge in [0.25, 0.3) is 0 Å². The van der Waals surface area contributed by atoms with E-state index in [0.29, 0.717) is 0 Å². The van der Waals surface area contributed by atoms with Gasteiger partial charge in [-0.05, 0) is 18.1 Å². The van der Waals surface area contributed by atoms with Crippen molar-refractivity contribution in [3.05, 3.63) is 71.3 Å². The highest BCUT2D eigenvalue weighted by atomic mass is 16.2. The van der Waals surface area contributed by atoms with Gasteiger partial charge in [-0.15, -0.1) is 0 Å². The quantitative estimate of drug-likeness (QED) is 0.847. The number of aryl methyl sites for hydroxylation is 1. The fourth-order valence-corrected chi connectivity index (χ4v) is 2.73. The average Bonchev–Trinajstić information content (AvgIpc) is 2.76. The van der Waals surface area contributed by atoms with Crippen LogP contribution >= 0.6 is 0 Å². The molecule has 3 nitrogen and oxygen atoms in total. The number of amides is 1. The smallest absolute Gasteiger partial charge is 0.228 e. The second-order valence-electron chi connectivity index (χ2n) is 5.13. The van der Waals surface area contributed by atoms with E-state index in [-0.39, 0.29) is 18.1 Å². The fraction of sp³-hybridized carbons (Fsp3) is 0.176. The topological polar surface area (TPSA) is 46.2 Å². The number of nitrogens with one attached hydrogen (secondary N) is 1. The van der Waals surface area contributed by atoms with Gasteiger partial charge >= 0.3 is 0 Å². The van der Waals surface area contributed by atoms with E-state index in [1.54, 1.807) is 0 Å². The Morgan fingerprint density at radius 3 is 2.05 bits per heavy atom. The van der Waals surface area contributed by atoms with Gasteiger partial charge in [0.2, 0.25) is 5.91 Å². The predicted octanol–water partition coefficient (Wildman–Crippen LogP) is 2.33. The molecule has 0 bridgehead atoms. The molecule has 1 saturated heterocycles. The zero-order valence-electron chi connectivity index (χ0n) is 11.2. The Labute approximate surface area is 117 Å². The van der Waals surface area contributed by atoms with Crippen molar-refractivity contribution in [1.82, 2.24) is 5.32 Å². The van der Waals surface area contributed by atoms with Crippen LogP contribution in [0.4, 0.5) is 0 Å². The predicted molar refractivity (Wildman–Crippen MR) is 76.2 cm³/mol. The lowest BCUT2D eigenvalue weighted by Crippen LogP contribution is -2.44. The van der Waals surface area contributed by atoms with Gasteiger partial charge < -0.3 is 5.32 Å². The van der Waals surface area contributed by atoms with Crippen molar-refractivity contribution in [1.29, 1.82) is 0 Å². The molecule has 0 aliphatic carbocycles. The zero-order valence-corrected chi connectivity index (χ0v) is 11.2. The summed E-state index contributed by atoms with van der Waals surface area (Å²) in [7, 11) is 0. The highest BCUT2D eigenvalue weighted by Gasteiger charge is 2.48. The first kappa shape index (κ1) is 12.6. The molecule has 1 N–H and O–H groups in total. The zero-order chi connectivity index (χ0) is 14.2. The van der Waals surface area contributed by atoms with Crippen LogP contribution in [0.1, 0.15) is 23.1 Å². The molecule has 1 unspecified atom stereocenters. The van der Waals surface area contributed by atoms with Crippen LogP contribution in [0.15, 0.2) is 54.6 Å². The van der Waals surface area contributed by atoms with Gasteiger partial charge in [-0.3, -0.25) is 9.59 Å². The summed E-state index contributed by atoms with van der Waals surface area (Å²) in [6.07, 6.45) is -0.0667. The van der Waals surface area contributed by atoms with Gasteiger partial charge in [0.15, 0.2) is 11.3 Å². The molecule has 3 rings (SSSR count). The van der Waals surface area contributed by atoms with E-state index in [1.807, 2.05) is 61.5 Å². The first-order valence-electron chi connectivity index (χ1n) is 6.60. The maximum Gasteiger partial charge on any atom is 0.228 e. The number of hydrogen-bond donors (Lipinski definition) is 1. The second kappa shape index (κ2) is 4.60. The third-order valence-corrected chi connectivity index (χ3v) is 3.76. The Morgan fingerprint density at radius 2 is 1.50 bits per heavy atom. The monoisotopic (exact) mass is 265 g/mol. The molecule has 0 aromatic heterocycles. The number of carbonyl (C=O) groups excluding carboxylic acids is 2. The number of ketones is 1. The summed E-state index contributed by atoms with van der Waals surface area (Å²) in [6.45, 7) is 1.99. The number of carbonyl (C=O) groups is 2. The summed E-state index contributed by atoms with van der Waals surface area (Å²) < 4.78 is 0. The van der Waals surface area contributed by atoms with Crippen molar-refractivity contribution in [2.75, 3.05) is 0 Å². The van der Waals surface area contributed by atoms with E-state index < -0.39 is 5.54 Å². The number of rotatable bonds is 2. The Hall–Kier alpha value is -2.42. The van der Waals surface area contributed by atoms with E-state index >= 15 is 0 Å². The molecule has 100 valence electrons. The van der Waals surface area contributed by atoms with Crippen LogP contribution in [0.3, 0.4) is 0 Å². The third-order valence-electron chi connectivity index (χ3n) is 3.76. The molecule has 0 radical (unpaired) electrons. The van der Waals surface area contributed by atoms with Gasteiger partial charge in [0.1, 0.15) is 0 Å². The molecular weight excluding hydrogens is 250 g/mol. The second-order valence-corrected chi connectivity index (χ2v) is 5.13. The van der Waals surface area contributed by atoms with Crippen molar-refractivity contribution in [3.63, 3.8) is 0 Å². The van der Waals surface area contributed by atoms with Crippen LogP contribution in [0, 0.1) is 6.92 Å². The maximum atomic E-state index is 12.5. The molecule has 1 aliphatic rings. The molecule has 3 heteroatoms. The molecule has 0 spiro atoms. The van der Waals surface area contributed by atoms with Crippen LogP contribution in [-0.2, 0) is 15.1 Å². The van der Waals surface area contributed by atoms with Gasteiger partial charge in [-0.2, -0.15) is 0 Å². The summed E-state index contributed by atoms with van der Waals surface area (Å²) in [5.74, 6) is -0.322. The molecule has 1 aliphatic heterocycles. The molecule has 1 atom stereocenters. The van der Waals surface area contributed by atoms with Gasteiger partial charge in [-0.1, -0.05) is 60.2 Å². The molecule has 1 amide bonds. The van der Waals surface area contributed by atoms with Crippen molar-refractivity contribution < 1.29 is 9.59 Å². The highest BCUT2D eigenvalue weighted by molar-refractivity contribution is 6.12. The third kappa shape index (κ3) is 1.83. The fourth-order valence-electron chi connectivity index (χ4n) is 2.73. The molecule has 20 heavy (non-hydrogen) atoms. The van der Waals surface area contributed by atoms with Crippen LogP contribution in [0.5, 0.6) is 0 Å². The Kier molecular flexibility index (Phi) is 2.90. The Morgan fingerprint density at radius 1 is 0.900 bits per heavy atom.